The summed E-state index contributed by atoms with van der Waals surface area (Å²) in [5.74, 6) is 0.692. The number of aryl methyl sites for hydroxylation is 1. The number of aromatic nitrogens is 1. The van der Waals surface area contributed by atoms with Crippen molar-refractivity contribution in [2.45, 2.75) is 19.4 Å². The van der Waals surface area contributed by atoms with Crippen LogP contribution in [0, 0.1) is 6.92 Å². The number of oxazole rings is 1. The first-order chi connectivity index (χ1) is 9.24. The quantitative estimate of drug-likeness (QED) is 0.777. The standard InChI is InChI=1S/C16H16N2O/c1-11-6-2-3-7-12(11)13(17)10-16-18-14-8-4-5-9-15(14)19-16/h2-9,13H,10,17H2,1H3. The van der Waals surface area contributed by atoms with Crippen LogP contribution in [0.15, 0.2) is 52.9 Å². The predicted octanol–water partition coefficient (Wildman–Crippen LogP) is 3.38. The van der Waals surface area contributed by atoms with Gasteiger partial charge in [-0.25, -0.2) is 4.98 Å². The summed E-state index contributed by atoms with van der Waals surface area (Å²) in [6.07, 6.45) is 0.611. The van der Waals surface area contributed by atoms with Crippen molar-refractivity contribution in [3.05, 3.63) is 65.5 Å². The number of para-hydroxylation sites is 2. The van der Waals surface area contributed by atoms with Crippen LogP contribution in [0.5, 0.6) is 0 Å². The molecule has 0 amide bonds. The fourth-order valence-electron chi connectivity index (χ4n) is 2.31. The number of nitrogens with zero attached hydrogens (tertiary/aromatic N) is 1. The molecule has 3 nitrogen and oxygen atoms in total. The van der Waals surface area contributed by atoms with Crippen LogP contribution < -0.4 is 5.73 Å². The fraction of sp³-hybridized carbons (Fsp3) is 0.188. The fourth-order valence-corrected chi connectivity index (χ4v) is 2.31. The lowest BCUT2D eigenvalue weighted by atomic mass is 10.00. The van der Waals surface area contributed by atoms with Crippen LogP contribution in [0.1, 0.15) is 23.1 Å². The molecule has 0 bridgehead atoms. The van der Waals surface area contributed by atoms with Gasteiger partial charge in [-0.1, -0.05) is 36.4 Å². The zero-order valence-corrected chi connectivity index (χ0v) is 10.8. The third-order valence-corrected chi connectivity index (χ3v) is 3.32. The van der Waals surface area contributed by atoms with E-state index in [-0.39, 0.29) is 6.04 Å². The van der Waals surface area contributed by atoms with Gasteiger partial charge in [0.05, 0.1) is 0 Å². The van der Waals surface area contributed by atoms with Crippen LogP contribution in [0.4, 0.5) is 0 Å². The number of hydrogen-bond donors (Lipinski definition) is 1. The minimum absolute atomic E-state index is 0.0886. The SMILES string of the molecule is Cc1ccccc1C(N)Cc1nc2ccccc2o1. The highest BCUT2D eigenvalue weighted by molar-refractivity contribution is 5.72. The smallest absolute Gasteiger partial charge is 0.197 e. The lowest BCUT2D eigenvalue weighted by molar-refractivity contribution is 0.502. The molecule has 2 aromatic carbocycles. The number of hydrogen-bond acceptors (Lipinski definition) is 3. The van der Waals surface area contributed by atoms with Gasteiger partial charge in [0, 0.05) is 12.5 Å². The number of rotatable bonds is 3. The first-order valence-corrected chi connectivity index (χ1v) is 6.39. The number of benzene rings is 2. The summed E-state index contributed by atoms with van der Waals surface area (Å²) in [7, 11) is 0. The van der Waals surface area contributed by atoms with E-state index in [1.165, 1.54) is 5.56 Å². The Kier molecular flexibility index (Phi) is 3.05. The van der Waals surface area contributed by atoms with Crippen LogP contribution in [0.3, 0.4) is 0 Å². The van der Waals surface area contributed by atoms with E-state index in [1.807, 2.05) is 36.4 Å². The summed E-state index contributed by atoms with van der Waals surface area (Å²) >= 11 is 0. The Labute approximate surface area is 112 Å². The highest BCUT2D eigenvalue weighted by Crippen LogP contribution is 2.21. The van der Waals surface area contributed by atoms with Crippen molar-refractivity contribution in [3.8, 4) is 0 Å². The monoisotopic (exact) mass is 252 g/mol. The molecule has 1 aromatic heterocycles. The lowest BCUT2D eigenvalue weighted by Gasteiger charge is -2.12. The molecule has 0 spiro atoms. The summed E-state index contributed by atoms with van der Waals surface area (Å²) in [4.78, 5) is 4.46. The van der Waals surface area contributed by atoms with Crippen LogP contribution in [0.2, 0.25) is 0 Å². The summed E-state index contributed by atoms with van der Waals surface area (Å²) < 4.78 is 5.71. The molecule has 1 atom stereocenters. The minimum atomic E-state index is -0.0886. The molecule has 19 heavy (non-hydrogen) atoms. The second-order valence-electron chi connectivity index (χ2n) is 4.74. The van der Waals surface area contributed by atoms with Crippen molar-refractivity contribution < 1.29 is 4.42 Å². The van der Waals surface area contributed by atoms with Crippen molar-refractivity contribution in [2.75, 3.05) is 0 Å². The summed E-state index contributed by atoms with van der Waals surface area (Å²) in [6, 6.07) is 15.8. The van der Waals surface area contributed by atoms with Gasteiger partial charge < -0.3 is 10.2 Å². The second kappa shape index (κ2) is 4.86. The van der Waals surface area contributed by atoms with Crippen molar-refractivity contribution >= 4 is 11.1 Å². The maximum absolute atomic E-state index is 6.25. The van der Waals surface area contributed by atoms with E-state index in [0.29, 0.717) is 12.3 Å². The normalized spacial score (nSPS) is 12.7. The van der Waals surface area contributed by atoms with Crippen molar-refractivity contribution in [3.63, 3.8) is 0 Å². The van der Waals surface area contributed by atoms with Crippen molar-refractivity contribution in [2.24, 2.45) is 5.73 Å². The van der Waals surface area contributed by atoms with Gasteiger partial charge in [-0.3, -0.25) is 0 Å². The van der Waals surface area contributed by atoms with E-state index in [2.05, 4.69) is 24.0 Å². The molecule has 96 valence electrons. The van der Waals surface area contributed by atoms with E-state index >= 15 is 0 Å². The highest BCUT2D eigenvalue weighted by atomic mass is 16.3. The van der Waals surface area contributed by atoms with E-state index in [0.717, 1.165) is 16.7 Å². The summed E-state index contributed by atoms with van der Waals surface area (Å²) in [5, 5.41) is 0. The van der Waals surface area contributed by atoms with E-state index < -0.39 is 0 Å². The summed E-state index contributed by atoms with van der Waals surface area (Å²) in [5.41, 5.74) is 10.3. The zero-order valence-electron chi connectivity index (χ0n) is 10.8. The molecule has 0 aliphatic heterocycles. The van der Waals surface area contributed by atoms with E-state index in [1.54, 1.807) is 0 Å². The van der Waals surface area contributed by atoms with Gasteiger partial charge in [-0.15, -0.1) is 0 Å². The van der Waals surface area contributed by atoms with Gasteiger partial charge in [0.15, 0.2) is 11.5 Å². The minimum Gasteiger partial charge on any atom is -0.441 e. The topological polar surface area (TPSA) is 52.0 Å². The van der Waals surface area contributed by atoms with Crippen molar-refractivity contribution in [1.29, 1.82) is 0 Å². The van der Waals surface area contributed by atoms with Gasteiger partial charge >= 0.3 is 0 Å². The Hall–Kier alpha value is -2.13. The molecule has 2 N–H and O–H groups in total. The lowest BCUT2D eigenvalue weighted by Crippen LogP contribution is -2.14. The highest BCUT2D eigenvalue weighted by Gasteiger charge is 2.13. The van der Waals surface area contributed by atoms with Gasteiger partial charge in [0.25, 0.3) is 0 Å². The third-order valence-electron chi connectivity index (χ3n) is 3.32. The molecule has 3 rings (SSSR count). The Morgan fingerprint density at radius 1 is 1.11 bits per heavy atom. The van der Waals surface area contributed by atoms with Gasteiger partial charge in [0.2, 0.25) is 0 Å². The maximum Gasteiger partial charge on any atom is 0.197 e. The Morgan fingerprint density at radius 2 is 1.84 bits per heavy atom. The zero-order chi connectivity index (χ0) is 13.2. The van der Waals surface area contributed by atoms with Gasteiger partial charge in [0.1, 0.15) is 5.52 Å². The Bertz CT molecular complexity index is 670. The average Bonchev–Trinajstić information content (AvgIpc) is 2.81. The molecular formula is C16H16N2O. The molecule has 3 heteroatoms. The van der Waals surface area contributed by atoms with E-state index in [4.69, 9.17) is 10.2 Å². The molecule has 0 saturated carbocycles. The Balaban J connectivity index is 1.86. The molecule has 0 fully saturated rings. The Morgan fingerprint density at radius 3 is 2.63 bits per heavy atom. The molecule has 1 unspecified atom stereocenters. The molecule has 0 aliphatic rings. The largest absolute Gasteiger partial charge is 0.441 e. The molecule has 3 aromatic rings. The number of fused-ring (bicyclic) bond motifs is 1. The second-order valence-corrected chi connectivity index (χ2v) is 4.74. The van der Waals surface area contributed by atoms with E-state index in [9.17, 15) is 0 Å². The predicted molar refractivity (Wildman–Crippen MR) is 75.8 cm³/mol. The molecule has 1 heterocycles. The molecular weight excluding hydrogens is 236 g/mol. The first kappa shape index (κ1) is 11.9. The third kappa shape index (κ3) is 2.37. The molecule has 0 aliphatic carbocycles. The van der Waals surface area contributed by atoms with Crippen molar-refractivity contribution in [1.82, 2.24) is 4.98 Å². The molecule has 0 radical (unpaired) electrons. The number of nitrogens with two attached hydrogens (primary N) is 1. The van der Waals surface area contributed by atoms with Gasteiger partial charge in [-0.05, 0) is 30.2 Å². The van der Waals surface area contributed by atoms with Crippen LogP contribution in [-0.4, -0.2) is 4.98 Å². The maximum atomic E-state index is 6.25. The van der Waals surface area contributed by atoms with Crippen LogP contribution in [-0.2, 0) is 6.42 Å². The summed E-state index contributed by atoms with van der Waals surface area (Å²) in [6.45, 7) is 2.07. The molecule has 0 saturated heterocycles. The van der Waals surface area contributed by atoms with Crippen LogP contribution >= 0.6 is 0 Å². The first-order valence-electron chi connectivity index (χ1n) is 6.39. The average molecular weight is 252 g/mol. The van der Waals surface area contributed by atoms with Crippen LogP contribution in [0.25, 0.3) is 11.1 Å². The van der Waals surface area contributed by atoms with Gasteiger partial charge in [-0.2, -0.15) is 0 Å².